The van der Waals surface area contributed by atoms with Crippen molar-refractivity contribution in [2.45, 2.75) is 6.92 Å². The first kappa shape index (κ1) is 9.93. The summed E-state index contributed by atoms with van der Waals surface area (Å²) >= 11 is 6.78. The van der Waals surface area contributed by atoms with Crippen molar-refractivity contribution in [2.75, 3.05) is 0 Å². The maximum Gasteiger partial charge on any atom is 0.129 e. The SMILES string of the molecule is Cc1ccc(-n2nc(Br)cc2Br)cc1. The monoisotopic (exact) mass is 314 g/mol. The Morgan fingerprint density at radius 3 is 2.29 bits per heavy atom. The normalized spacial score (nSPS) is 10.5. The number of aromatic nitrogens is 2. The summed E-state index contributed by atoms with van der Waals surface area (Å²) in [7, 11) is 0. The summed E-state index contributed by atoms with van der Waals surface area (Å²) in [6.45, 7) is 2.07. The molecular formula is C10H8Br2N2. The van der Waals surface area contributed by atoms with Crippen LogP contribution in [-0.2, 0) is 0 Å². The lowest BCUT2D eigenvalue weighted by molar-refractivity contribution is 0.851. The van der Waals surface area contributed by atoms with Gasteiger partial charge in [-0.1, -0.05) is 17.7 Å². The lowest BCUT2D eigenvalue weighted by Gasteiger charge is -2.02. The molecule has 1 aromatic heterocycles. The van der Waals surface area contributed by atoms with Crippen LogP contribution in [0.15, 0.2) is 39.5 Å². The molecule has 0 aliphatic heterocycles. The van der Waals surface area contributed by atoms with Crippen LogP contribution in [0.25, 0.3) is 5.69 Å². The molecule has 0 saturated carbocycles. The summed E-state index contributed by atoms with van der Waals surface area (Å²) in [4.78, 5) is 0. The molecule has 0 aliphatic rings. The van der Waals surface area contributed by atoms with Crippen molar-refractivity contribution in [3.63, 3.8) is 0 Å². The Morgan fingerprint density at radius 2 is 1.79 bits per heavy atom. The zero-order valence-corrected chi connectivity index (χ0v) is 10.7. The van der Waals surface area contributed by atoms with Gasteiger partial charge in [0.1, 0.15) is 9.21 Å². The van der Waals surface area contributed by atoms with Gasteiger partial charge in [-0.15, -0.1) is 0 Å². The van der Waals surface area contributed by atoms with Crippen LogP contribution in [0.4, 0.5) is 0 Å². The molecular weight excluding hydrogens is 308 g/mol. The van der Waals surface area contributed by atoms with E-state index in [1.54, 1.807) is 0 Å². The molecule has 0 spiro atoms. The summed E-state index contributed by atoms with van der Waals surface area (Å²) in [6.07, 6.45) is 0. The molecule has 0 saturated heterocycles. The summed E-state index contributed by atoms with van der Waals surface area (Å²) in [5, 5.41) is 4.30. The van der Waals surface area contributed by atoms with E-state index in [1.807, 2.05) is 22.9 Å². The number of hydrogen-bond donors (Lipinski definition) is 0. The van der Waals surface area contributed by atoms with Gasteiger partial charge >= 0.3 is 0 Å². The van der Waals surface area contributed by atoms with Crippen LogP contribution in [0.1, 0.15) is 5.56 Å². The average Bonchev–Trinajstić information content (AvgIpc) is 2.47. The number of benzene rings is 1. The van der Waals surface area contributed by atoms with Crippen molar-refractivity contribution < 1.29 is 0 Å². The molecule has 0 radical (unpaired) electrons. The quantitative estimate of drug-likeness (QED) is 0.784. The molecule has 2 aromatic rings. The van der Waals surface area contributed by atoms with Gasteiger partial charge in [-0.2, -0.15) is 5.10 Å². The molecule has 4 heteroatoms. The zero-order valence-electron chi connectivity index (χ0n) is 7.54. The van der Waals surface area contributed by atoms with E-state index in [9.17, 15) is 0 Å². The van der Waals surface area contributed by atoms with E-state index in [0.29, 0.717) is 0 Å². The van der Waals surface area contributed by atoms with E-state index in [0.717, 1.165) is 14.9 Å². The van der Waals surface area contributed by atoms with Crippen LogP contribution in [-0.4, -0.2) is 9.78 Å². The van der Waals surface area contributed by atoms with Crippen molar-refractivity contribution in [3.8, 4) is 5.69 Å². The molecule has 0 atom stereocenters. The Balaban J connectivity index is 2.49. The van der Waals surface area contributed by atoms with E-state index in [2.05, 4.69) is 56.0 Å². The molecule has 0 aliphatic carbocycles. The summed E-state index contributed by atoms with van der Waals surface area (Å²) in [5.41, 5.74) is 2.30. The van der Waals surface area contributed by atoms with Crippen molar-refractivity contribution in [2.24, 2.45) is 0 Å². The maximum absolute atomic E-state index is 4.30. The fourth-order valence-electron chi connectivity index (χ4n) is 1.20. The minimum atomic E-state index is 0.824. The molecule has 72 valence electrons. The van der Waals surface area contributed by atoms with Gasteiger partial charge in [0.05, 0.1) is 5.69 Å². The third-order valence-corrected chi connectivity index (χ3v) is 2.87. The summed E-state index contributed by atoms with van der Waals surface area (Å²) < 4.78 is 3.60. The number of halogens is 2. The molecule has 1 heterocycles. The first-order chi connectivity index (χ1) is 6.66. The molecule has 2 nitrogen and oxygen atoms in total. The van der Waals surface area contributed by atoms with Crippen molar-refractivity contribution in [1.29, 1.82) is 0 Å². The molecule has 2 rings (SSSR count). The maximum atomic E-state index is 4.30. The third-order valence-electron chi connectivity index (χ3n) is 1.91. The number of nitrogens with zero attached hydrogens (tertiary/aromatic N) is 2. The third kappa shape index (κ3) is 1.91. The second-order valence-corrected chi connectivity index (χ2v) is 4.66. The Bertz CT molecular complexity index is 446. The van der Waals surface area contributed by atoms with Gasteiger partial charge in [0, 0.05) is 6.07 Å². The number of hydrogen-bond acceptors (Lipinski definition) is 1. The fraction of sp³-hybridized carbons (Fsp3) is 0.100. The lowest BCUT2D eigenvalue weighted by Crippen LogP contribution is -1.95. The highest BCUT2D eigenvalue weighted by Gasteiger charge is 2.04. The van der Waals surface area contributed by atoms with Crippen LogP contribution in [0.5, 0.6) is 0 Å². The molecule has 1 aromatic carbocycles. The van der Waals surface area contributed by atoms with Gasteiger partial charge in [-0.25, -0.2) is 4.68 Å². The topological polar surface area (TPSA) is 17.8 Å². The molecule has 0 amide bonds. The first-order valence-corrected chi connectivity index (χ1v) is 5.73. The Labute approximate surface area is 99.2 Å². The molecule has 0 bridgehead atoms. The molecule has 0 unspecified atom stereocenters. The number of aryl methyl sites for hydroxylation is 1. The smallest absolute Gasteiger partial charge is 0.129 e. The van der Waals surface area contributed by atoms with Crippen LogP contribution in [0, 0.1) is 6.92 Å². The van der Waals surface area contributed by atoms with Crippen LogP contribution < -0.4 is 0 Å². The van der Waals surface area contributed by atoms with E-state index in [4.69, 9.17) is 0 Å². The van der Waals surface area contributed by atoms with E-state index in [1.165, 1.54) is 5.56 Å². The van der Waals surface area contributed by atoms with Gasteiger partial charge < -0.3 is 0 Å². The van der Waals surface area contributed by atoms with Gasteiger partial charge in [0.25, 0.3) is 0 Å². The second-order valence-electron chi connectivity index (χ2n) is 3.04. The largest absolute Gasteiger partial charge is 0.226 e. The molecule has 14 heavy (non-hydrogen) atoms. The van der Waals surface area contributed by atoms with E-state index < -0.39 is 0 Å². The van der Waals surface area contributed by atoms with E-state index >= 15 is 0 Å². The van der Waals surface area contributed by atoms with Gasteiger partial charge in [-0.3, -0.25) is 0 Å². The minimum absolute atomic E-state index is 0.824. The zero-order chi connectivity index (χ0) is 10.1. The Hall–Kier alpha value is -0.610. The highest BCUT2D eigenvalue weighted by atomic mass is 79.9. The van der Waals surface area contributed by atoms with Gasteiger partial charge in [-0.05, 0) is 50.9 Å². The van der Waals surface area contributed by atoms with Gasteiger partial charge in [0.2, 0.25) is 0 Å². The van der Waals surface area contributed by atoms with Gasteiger partial charge in [0.15, 0.2) is 0 Å². The molecule has 0 fully saturated rings. The predicted molar refractivity (Wildman–Crippen MR) is 63.7 cm³/mol. The standard InChI is InChI=1S/C10H8Br2N2/c1-7-2-4-8(5-3-7)14-10(12)6-9(11)13-14/h2-6H,1H3. The summed E-state index contributed by atoms with van der Waals surface area (Å²) in [5.74, 6) is 0. The Morgan fingerprint density at radius 1 is 1.14 bits per heavy atom. The van der Waals surface area contributed by atoms with E-state index in [-0.39, 0.29) is 0 Å². The van der Waals surface area contributed by atoms with Crippen LogP contribution >= 0.6 is 31.9 Å². The Kier molecular flexibility index (Phi) is 2.74. The van der Waals surface area contributed by atoms with Crippen LogP contribution in [0.3, 0.4) is 0 Å². The van der Waals surface area contributed by atoms with Crippen LogP contribution in [0.2, 0.25) is 0 Å². The highest BCUT2D eigenvalue weighted by molar-refractivity contribution is 9.11. The lowest BCUT2D eigenvalue weighted by atomic mass is 10.2. The minimum Gasteiger partial charge on any atom is -0.226 e. The predicted octanol–water partition coefficient (Wildman–Crippen LogP) is 3.71. The van der Waals surface area contributed by atoms with Crippen molar-refractivity contribution >= 4 is 31.9 Å². The molecule has 0 N–H and O–H groups in total. The van der Waals surface area contributed by atoms with Crippen molar-refractivity contribution in [3.05, 3.63) is 45.1 Å². The fourth-order valence-corrected chi connectivity index (χ4v) is 2.38. The first-order valence-electron chi connectivity index (χ1n) is 4.15. The number of rotatable bonds is 1. The summed E-state index contributed by atoms with van der Waals surface area (Å²) in [6, 6.07) is 10.1. The highest BCUT2D eigenvalue weighted by Crippen LogP contribution is 2.20. The van der Waals surface area contributed by atoms with Crippen molar-refractivity contribution in [1.82, 2.24) is 9.78 Å². The second kappa shape index (κ2) is 3.87. The average molecular weight is 316 g/mol.